The summed E-state index contributed by atoms with van der Waals surface area (Å²) in [6.07, 6.45) is 3.43. The standard InChI is InChI=1S/C22H24BN3O3/c24-13-15-2-1-3-17(10-15)16-6-8-26(9-7-16)22(27)19-11-18-12-20(23(28)29)4-5-21(18)25-14-19/h1-5,10-12,14,16,28-29H,6-9,13,24H2. The zero-order valence-electron chi connectivity index (χ0n) is 16.2. The maximum absolute atomic E-state index is 13.0. The summed E-state index contributed by atoms with van der Waals surface area (Å²) in [5, 5.41) is 19.5. The van der Waals surface area contributed by atoms with E-state index in [4.69, 9.17) is 5.73 Å². The maximum atomic E-state index is 13.0. The Morgan fingerprint density at radius 1 is 1.14 bits per heavy atom. The van der Waals surface area contributed by atoms with Crippen LogP contribution in [-0.4, -0.2) is 46.0 Å². The van der Waals surface area contributed by atoms with Crippen LogP contribution in [0.5, 0.6) is 0 Å². The number of amides is 1. The first-order valence-corrected chi connectivity index (χ1v) is 9.89. The molecule has 1 fully saturated rings. The molecule has 3 aromatic rings. The minimum absolute atomic E-state index is 0.0384. The lowest BCUT2D eigenvalue weighted by Crippen LogP contribution is -2.38. The summed E-state index contributed by atoms with van der Waals surface area (Å²) in [6, 6.07) is 15.2. The molecule has 4 N–H and O–H groups in total. The van der Waals surface area contributed by atoms with E-state index in [9.17, 15) is 14.8 Å². The van der Waals surface area contributed by atoms with Gasteiger partial charge in [0.05, 0.1) is 11.1 Å². The molecule has 0 aliphatic carbocycles. The highest BCUT2D eigenvalue weighted by molar-refractivity contribution is 6.58. The number of aromatic nitrogens is 1. The van der Waals surface area contributed by atoms with Gasteiger partial charge in [0.25, 0.3) is 5.91 Å². The number of hydrogen-bond donors (Lipinski definition) is 3. The number of benzene rings is 2. The van der Waals surface area contributed by atoms with E-state index in [-0.39, 0.29) is 5.91 Å². The number of pyridine rings is 1. The van der Waals surface area contributed by atoms with Crippen LogP contribution in [0.25, 0.3) is 10.9 Å². The Kier molecular flexibility index (Phi) is 5.62. The number of hydrogen-bond acceptors (Lipinski definition) is 5. The molecule has 6 nitrogen and oxygen atoms in total. The van der Waals surface area contributed by atoms with Crippen molar-refractivity contribution < 1.29 is 14.8 Å². The molecule has 2 heterocycles. The van der Waals surface area contributed by atoms with Crippen molar-refractivity contribution >= 4 is 29.4 Å². The van der Waals surface area contributed by atoms with Gasteiger partial charge in [-0.05, 0) is 47.5 Å². The summed E-state index contributed by atoms with van der Waals surface area (Å²) in [7, 11) is -1.55. The van der Waals surface area contributed by atoms with Gasteiger partial charge in [0.15, 0.2) is 0 Å². The minimum atomic E-state index is -1.55. The van der Waals surface area contributed by atoms with Crippen molar-refractivity contribution in [3.8, 4) is 0 Å². The molecule has 148 valence electrons. The molecule has 0 spiro atoms. The highest BCUT2D eigenvalue weighted by Crippen LogP contribution is 2.29. The lowest BCUT2D eigenvalue weighted by atomic mass is 9.80. The third kappa shape index (κ3) is 4.17. The Balaban J connectivity index is 1.47. The predicted octanol–water partition coefficient (Wildman–Crippen LogP) is 1.39. The largest absolute Gasteiger partial charge is 0.488 e. The zero-order valence-corrected chi connectivity index (χ0v) is 16.2. The normalized spacial score (nSPS) is 14.9. The van der Waals surface area contributed by atoms with Gasteiger partial charge >= 0.3 is 7.12 Å². The van der Waals surface area contributed by atoms with Crippen LogP contribution < -0.4 is 11.2 Å². The fraction of sp³-hybridized carbons (Fsp3) is 0.273. The van der Waals surface area contributed by atoms with Gasteiger partial charge in [-0.1, -0.05) is 36.4 Å². The van der Waals surface area contributed by atoms with E-state index < -0.39 is 7.12 Å². The molecule has 0 atom stereocenters. The van der Waals surface area contributed by atoms with Crippen molar-refractivity contribution in [2.45, 2.75) is 25.3 Å². The van der Waals surface area contributed by atoms with Crippen LogP contribution in [0.3, 0.4) is 0 Å². The molecule has 1 amide bonds. The third-order valence-corrected chi connectivity index (χ3v) is 5.69. The number of nitrogens with zero attached hydrogens (tertiary/aromatic N) is 2. The van der Waals surface area contributed by atoms with Gasteiger partial charge in [0.2, 0.25) is 0 Å². The fourth-order valence-electron chi connectivity index (χ4n) is 4.00. The molecule has 0 unspecified atom stereocenters. The summed E-state index contributed by atoms with van der Waals surface area (Å²) in [5.74, 6) is 0.400. The molecule has 4 rings (SSSR count). The van der Waals surface area contributed by atoms with E-state index in [0.717, 1.165) is 23.8 Å². The molecule has 1 aliphatic rings. The van der Waals surface area contributed by atoms with Gasteiger partial charge in [-0.15, -0.1) is 0 Å². The lowest BCUT2D eigenvalue weighted by molar-refractivity contribution is 0.0712. The van der Waals surface area contributed by atoms with Crippen molar-refractivity contribution in [1.82, 2.24) is 9.88 Å². The first kappa shape index (κ1) is 19.6. The second kappa shape index (κ2) is 8.33. The number of rotatable bonds is 4. The van der Waals surface area contributed by atoms with E-state index in [0.29, 0.717) is 42.1 Å². The lowest BCUT2D eigenvalue weighted by Gasteiger charge is -2.32. The summed E-state index contributed by atoms with van der Waals surface area (Å²) in [5.41, 5.74) is 9.79. The summed E-state index contributed by atoms with van der Waals surface area (Å²) in [4.78, 5) is 19.2. The van der Waals surface area contributed by atoms with E-state index in [1.807, 2.05) is 17.0 Å². The summed E-state index contributed by atoms with van der Waals surface area (Å²) >= 11 is 0. The Morgan fingerprint density at radius 3 is 2.66 bits per heavy atom. The number of carbonyl (C=O) groups is 1. The average molecular weight is 389 g/mol. The average Bonchev–Trinajstić information content (AvgIpc) is 2.78. The Hall–Kier alpha value is -2.74. The minimum Gasteiger partial charge on any atom is -0.423 e. The first-order chi connectivity index (χ1) is 14.0. The molecule has 7 heteroatoms. The van der Waals surface area contributed by atoms with Gasteiger partial charge in [-0.3, -0.25) is 9.78 Å². The quantitative estimate of drug-likeness (QED) is 0.586. The Labute approximate surface area is 170 Å². The van der Waals surface area contributed by atoms with Gasteiger partial charge in [-0.2, -0.15) is 0 Å². The van der Waals surface area contributed by atoms with E-state index in [1.54, 1.807) is 30.5 Å². The molecule has 1 aromatic heterocycles. The van der Waals surface area contributed by atoms with Crippen LogP contribution in [0, 0.1) is 0 Å². The number of piperidine rings is 1. The first-order valence-electron chi connectivity index (χ1n) is 9.89. The topological polar surface area (TPSA) is 99.7 Å². The molecule has 0 saturated carbocycles. The fourth-order valence-corrected chi connectivity index (χ4v) is 4.00. The van der Waals surface area contributed by atoms with Crippen LogP contribution in [0.4, 0.5) is 0 Å². The molecule has 2 aromatic carbocycles. The molecular weight excluding hydrogens is 365 g/mol. The van der Waals surface area contributed by atoms with E-state index >= 15 is 0 Å². The summed E-state index contributed by atoms with van der Waals surface area (Å²) in [6.45, 7) is 1.93. The highest BCUT2D eigenvalue weighted by atomic mass is 16.4. The third-order valence-electron chi connectivity index (χ3n) is 5.69. The monoisotopic (exact) mass is 389 g/mol. The highest BCUT2D eigenvalue weighted by Gasteiger charge is 2.25. The van der Waals surface area contributed by atoms with Crippen LogP contribution >= 0.6 is 0 Å². The zero-order chi connectivity index (χ0) is 20.4. The maximum Gasteiger partial charge on any atom is 0.488 e. The van der Waals surface area contributed by atoms with Crippen LogP contribution in [0.1, 0.15) is 40.2 Å². The van der Waals surface area contributed by atoms with Gasteiger partial charge in [0, 0.05) is 31.2 Å². The molecule has 1 saturated heterocycles. The molecule has 1 aliphatic heterocycles. The van der Waals surface area contributed by atoms with Crippen molar-refractivity contribution in [1.29, 1.82) is 0 Å². The molecule has 29 heavy (non-hydrogen) atoms. The van der Waals surface area contributed by atoms with E-state index in [1.165, 1.54) is 5.56 Å². The SMILES string of the molecule is NCc1cccc(C2CCN(C(=O)c3cnc4ccc(B(O)O)cc4c3)CC2)c1. The molecule has 0 radical (unpaired) electrons. The van der Waals surface area contributed by atoms with Crippen LogP contribution in [0.15, 0.2) is 54.7 Å². The Morgan fingerprint density at radius 2 is 1.93 bits per heavy atom. The number of nitrogens with two attached hydrogens (primary N) is 1. The van der Waals surface area contributed by atoms with Crippen LogP contribution in [-0.2, 0) is 6.54 Å². The second-order valence-electron chi connectivity index (χ2n) is 7.57. The number of carbonyl (C=O) groups excluding carboxylic acids is 1. The van der Waals surface area contributed by atoms with Gasteiger partial charge < -0.3 is 20.7 Å². The van der Waals surface area contributed by atoms with Crippen molar-refractivity contribution in [2.75, 3.05) is 13.1 Å². The predicted molar refractivity (Wildman–Crippen MR) is 114 cm³/mol. The smallest absolute Gasteiger partial charge is 0.423 e. The molecular formula is C22H24BN3O3. The second-order valence-corrected chi connectivity index (χ2v) is 7.57. The van der Waals surface area contributed by atoms with E-state index in [2.05, 4.69) is 17.1 Å². The summed E-state index contributed by atoms with van der Waals surface area (Å²) < 4.78 is 0. The van der Waals surface area contributed by atoms with Gasteiger partial charge in [0.1, 0.15) is 0 Å². The van der Waals surface area contributed by atoms with Gasteiger partial charge in [-0.25, -0.2) is 0 Å². The van der Waals surface area contributed by atoms with Crippen molar-refractivity contribution in [3.05, 3.63) is 71.4 Å². The number of fused-ring (bicyclic) bond motifs is 1. The van der Waals surface area contributed by atoms with Crippen LogP contribution in [0.2, 0.25) is 0 Å². The van der Waals surface area contributed by atoms with Crippen molar-refractivity contribution in [3.63, 3.8) is 0 Å². The number of likely N-dealkylation sites (tertiary alicyclic amines) is 1. The Bertz CT molecular complexity index is 1030. The van der Waals surface area contributed by atoms with Crippen molar-refractivity contribution in [2.24, 2.45) is 5.73 Å². The molecule has 0 bridgehead atoms.